The van der Waals surface area contributed by atoms with E-state index in [1.807, 2.05) is 0 Å². The minimum atomic E-state index is 0.283. The van der Waals surface area contributed by atoms with E-state index in [9.17, 15) is 0 Å². The van der Waals surface area contributed by atoms with Crippen molar-refractivity contribution in [2.75, 3.05) is 13.2 Å². The minimum Gasteiger partial charge on any atom is -0.396 e. The molecule has 1 aromatic carbocycles. The first-order valence-corrected chi connectivity index (χ1v) is 9.49. The number of hydrogen-bond acceptors (Lipinski definition) is 2. The van der Waals surface area contributed by atoms with Crippen LogP contribution in [0.4, 0.5) is 0 Å². The molecule has 2 rings (SSSR count). The lowest BCUT2D eigenvalue weighted by molar-refractivity contribution is 0.281. The van der Waals surface area contributed by atoms with Gasteiger partial charge in [-0.25, -0.2) is 0 Å². The molecule has 0 aromatic heterocycles. The van der Waals surface area contributed by atoms with Gasteiger partial charge in [-0.15, -0.1) is 0 Å². The van der Waals surface area contributed by atoms with E-state index < -0.39 is 0 Å². The molecule has 1 aromatic rings. The molecule has 1 aliphatic carbocycles. The van der Waals surface area contributed by atoms with Crippen molar-refractivity contribution >= 4 is 0 Å². The van der Waals surface area contributed by atoms with Gasteiger partial charge < -0.3 is 10.8 Å². The number of unbranched alkanes of at least 4 members (excludes halogenated alkanes) is 1. The molecule has 3 N–H and O–H groups in total. The maximum atomic E-state index is 8.96. The zero-order valence-electron chi connectivity index (χ0n) is 15.1. The van der Waals surface area contributed by atoms with Crippen LogP contribution in [0.2, 0.25) is 0 Å². The normalized spacial score (nSPS) is 19.0. The van der Waals surface area contributed by atoms with E-state index in [4.69, 9.17) is 10.8 Å². The van der Waals surface area contributed by atoms with Crippen molar-refractivity contribution in [1.82, 2.24) is 0 Å². The van der Waals surface area contributed by atoms with Crippen LogP contribution in [0.1, 0.15) is 61.6 Å². The molecule has 0 amide bonds. The number of aliphatic hydroxyl groups excluding tert-OH is 1. The number of benzene rings is 1. The lowest BCUT2D eigenvalue weighted by Gasteiger charge is -2.25. The summed E-state index contributed by atoms with van der Waals surface area (Å²) in [6.45, 7) is 3.03. The predicted molar refractivity (Wildman–Crippen MR) is 103 cm³/mol. The van der Waals surface area contributed by atoms with Crippen LogP contribution in [0.15, 0.2) is 42.5 Å². The Bertz CT molecular complexity index is 547. The first kappa shape index (κ1) is 19.0. The smallest absolute Gasteiger partial charge is 0.0431 e. The first-order chi connectivity index (χ1) is 11.8. The molecule has 2 atom stereocenters. The number of hydrogen-bond donors (Lipinski definition) is 2. The van der Waals surface area contributed by atoms with Crippen LogP contribution in [0.3, 0.4) is 0 Å². The van der Waals surface area contributed by atoms with E-state index in [1.165, 1.54) is 42.4 Å². The zero-order valence-corrected chi connectivity index (χ0v) is 15.1. The van der Waals surface area contributed by atoms with Crippen LogP contribution in [0, 0.1) is 5.92 Å². The van der Waals surface area contributed by atoms with Gasteiger partial charge in [0.2, 0.25) is 0 Å². The second kappa shape index (κ2) is 10.5. The van der Waals surface area contributed by atoms with Crippen LogP contribution >= 0.6 is 0 Å². The van der Waals surface area contributed by atoms with Crippen molar-refractivity contribution in [2.45, 2.75) is 57.8 Å². The fraction of sp³-hybridized carbons (Fsp3) is 0.545. The van der Waals surface area contributed by atoms with Gasteiger partial charge in [0.05, 0.1) is 0 Å². The average molecular weight is 328 g/mol. The zero-order chi connectivity index (χ0) is 17.2. The minimum absolute atomic E-state index is 0.283. The standard InChI is InChI=1S/C22H33NO/c1-2-3-4-5-8-18-10-11-20-16-21(13-12-19(20)15-18)22(17-23)9-6-7-14-24/h2-5,12-13,16,18,22,24H,6-11,14-15,17,23H2,1H3/b3-2-,5-4-/t18-,22+/m1/s1. The summed E-state index contributed by atoms with van der Waals surface area (Å²) in [6, 6.07) is 7.02. The van der Waals surface area contributed by atoms with Crippen LogP contribution in [-0.4, -0.2) is 18.3 Å². The van der Waals surface area contributed by atoms with Gasteiger partial charge >= 0.3 is 0 Å². The highest BCUT2D eigenvalue weighted by Gasteiger charge is 2.19. The number of allylic oxidation sites excluding steroid dienone is 4. The first-order valence-electron chi connectivity index (χ1n) is 9.49. The van der Waals surface area contributed by atoms with Crippen molar-refractivity contribution in [3.05, 3.63) is 59.2 Å². The fourth-order valence-electron chi connectivity index (χ4n) is 3.69. The number of nitrogens with two attached hydrogens (primary N) is 1. The molecule has 0 spiro atoms. The Kier molecular flexibility index (Phi) is 8.27. The van der Waals surface area contributed by atoms with Gasteiger partial charge in [0, 0.05) is 6.61 Å². The molecule has 0 unspecified atom stereocenters. The van der Waals surface area contributed by atoms with Gasteiger partial charge in [-0.05, 0) is 80.5 Å². The van der Waals surface area contributed by atoms with Gasteiger partial charge in [-0.1, -0.05) is 48.9 Å². The average Bonchev–Trinajstić information content (AvgIpc) is 2.62. The molecule has 0 heterocycles. The highest BCUT2D eigenvalue weighted by atomic mass is 16.2. The van der Waals surface area contributed by atoms with Crippen molar-refractivity contribution in [3.63, 3.8) is 0 Å². The van der Waals surface area contributed by atoms with Gasteiger partial charge in [-0.2, -0.15) is 0 Å². The SMILES string of the molecule is C/C=C\C=C/C[C@@H]1CCc2cc([C@H](CN)CCCCO)ccc2C1. The van der Waals surface area contributed by atoms with E-state index >= 15 is 0 Å². The summed E-state index contributed by atoms with van der Waals surface area (Å²) in [5, 5.41) is 8.96. The lowest BCUT2D eigenvalue weighted by Crippen LogP contribution is -2.16. The summed E-state index contributed by atoms with van der Waals surface area (Å²) in [5.41, 5.74) is 10.4. The Morgan fingerprint density at radius 1 is 1.25 bits per heavy atom. The Morgan fingerprint density at radius 3 is 2.88 bits per heavy atom. The van der Waals surface area contributed by atoms with Gasteiger partial charge in [0.1, 0.15) is 0 Å². The number of rotatable bonds is 9. The summed E-state index contributed by atoms with van der Waals surface area (Å²) in [5.74, 6) is 1.21. The molecule has 0 bridgehead atoms. The third kappa shape index (κ3) is 5.61. The number of fused-ring (bicyclic) bond motifs is 1. The fourth-order valence-corrected chi connectivity index (χ4v) is 3.69. The molecule has 1 aliphatic rings. The largest absolute Gasteiger partial charge is 0.396 e. The monoisotopic (exact) mass is 327 g/mol. The Hall–Kier alpha value is -1.38. The molecule has 0 radical (unpaired) electrons. The van der Waals surface area contributed by atoms with E-state index in [2.05, 4.69) is 49.4 Å². The maximum absolute atomic E-state index is 8.96. The second-order valence-corrected chi connectivity index (χ2v) is 6.98. The Labute approximate surface area is 147 Å². The second-order valence-electron chi connectivity index (χ2n) is 6.98. The molecule has 132 valence electrons. The molecule has 2 nitrogen and oxygen atoms in total. The predicted octanol–water partition coefficient (Wildman–Crippen LogP) is 4.52. The topological polar surface area (TPSA) is 46.2 Å². The summed E-state index contributed by atoms with van der Waals surface area (Å²) in [4.78, 5) is 0. The Morgan fingerprint density at radius 2 is 2.12 bits per heavy atom. The van der Waals surface area contributed by atoms with Gasteiger partial charge in [0.15, 0.2) is 0 Å². The molecular weight excluding hydrogens is 294 g/mol. The number of aryl methyl sites for hydroxylation is 1. The molecule has 0 aliphatic heterocycles. The van der Waals surface area contributed by atoms with Crippen LogP contribution < -0.4 is 5.73 Å². The third-order valence-electron chi connectivity index (χ3n) is 5.19. The van der Waals surface area contributed by atoms with E-state index in [-0.39, 0.29) is 6.61 Å². The Balaban J connectivity index is 1.97. The summed E-state index contributed by atoms with van der Waals surface area (Å²) < 4.78 is 0. The van der Waals surface area contributed by atoms with Crippen molar-refractivity contribution < 1.29 is 5.11 Å². The maximum Gasteiger partial charge on any atom is 0.0431 e. The van der Waals surface area contributed by atoms with Gasteiger partial charge in [0.25, 0.3) is 0 Å². The third-order valence-corrected chi connectivity index (χ3v) is 5.19. The van der Waals surface area contributed by atoms with Crippen molar-refractivity contribution in [2.24, 2.45) is 11.7 Å². The highest BCUT2D eigenvalue weighted by Crippen LogP contribution is 2.31. The quantitative estimate of drug-likeness (QED) is 0.517. The molecule has 2 heteroatoms. The molecule has 24 heavy (non-hydrogen) atoms. The number of aliphatic hydroxyl groups is 1. The molecular formula is C22H33NO. The molecule has 0 saturated carbocycles. The molecule has 0 saturated heterocycles. The summed E-state index contributed by atoms with van der Waals surface area (Å²) >= 11 is 0. The van der Waals surface area contributed by atoms with E-state index in [0.29, 0.717) is 12.5 Å². The lowest BCUT2D eigenvalue weighted by atomic mass is 9.80. The van der Waals surface area contributed by atoms with Crippen molar-refractivity contribution in [3.8, 4) is 0 Å². The van der Waals surface area contributed by atoms with Crippen LogP contribution in [0.5, 0.6) is 0 Å². The highest BCUT2D eigenvalue weighted by molar-refractivity contribution is 5.36. The van der Waals surface area contributed by atoms with Crippen LogP contribution in [0.25, 0.3) is 0 Å². The summed E-state index contributed by atoms with van der Waals surface area (Å²) in [7, 11) is 0. The van der Waals surface area contributed by atoms with Gasteiger partial charge in [-0.3, -0.25) is 0 Å². The summed E-state index contributed by atoms with van der Waals surface area (Å²) in [6.07, 6.45) is 16.5. The van der Waals surface area contributed by atoms with Crippen LogP contribution in [-0.2, 0) is 12.8 Å². The van der Waals surface area contributed by atoms with Crippen molar-refractivity contribution in [1.29, 1.82) is 0 Å². The van der Waals surface area contributed by atoms with E-state index in [1.54, 1.807) is 0 Å². The molecule has 0 fully saturated rings. The van der Waals surface area contributed by atoms with E-state index in [0.717, 1.165) is 25.2 Å².